The molecule has 1 aliphatic heterocycles. The van der Waals surface area contributed by atoms with E-state index in [1.54, 1.807) is 11.8 Å². The molecule has 1 heterocycles. The van der Waals surface area contributed by atoms with Gasteiger partial charge in [-0.2, -0.15) is 0 Å². The largest absolute Gasteiger partial charge is 0.320 e. The molecule has 3 aromatic rings. The molecule has 4 rings (SSSR count). The summed E-state index contributed by atoms with van der Waals surface area (Å²) in [7, 11) is 0. The second-order valence-corrected chi connectivity index (χ2v) is 7.09. The van der Waals surface area contributed by atoms with Gasteiger partial charge < -0.3 is 4.90 Å². The number of fused-ring (bicyclic) bond motifs is 1. The molecular formula is C24H21NO2. The van der Waals surface area contributed by atoms with E-state index in [0.29, 0.717) is 12.1 Å². The molecule has 3 aromatic carbocycles. The van der Waals surface area contributed by atoms with Crippen LogP contribution in [0, 0.1) is 6.92 Å². The number of nitrogens with zero attached hydrogens (tertiary/aromatic N) is 1. The van der Waals surface area contributed by atoms with E-state index in [-0.39, 0.29) is 11.7 Å². The second-order valence-electron chi connectivity index (χ2n) is 7.09. The third-order valence-corrected chi connectivity index (χ3v) is 5.14. The maximum atomic E-state index is 13.1. The summed E-state index contributed by atoms with van der Waals surface area (Å²) in [6.45, 7) is 4.06. The van der Waals surface area contributed by atoms with Crippen molar-refractivity contribution in [1.82, 2.24) is 4.90 Å². The number of benzene rings is 3. The van der Waals surface area contributed by atoms with Crippen LogP contribution >= 0.6 is 0 Å². The van der Waals surface area contributed by atoms with E-state index in [1.807, 2.05) is 48.5 Å². The van der Waals surface area contributed by atoms with Gasteiger partial charge in [-0.15, -0.1) is 0 Å². The molecule has 3 nitrogen and oxygen atoms in total. The van der Waals surface area contributed by atoms with Crippen LogP contribution in [0.15, 0.2) is 72.8 Å². The van der Waals surface area contributed by atoms with Gasteiger partial charge in [0.1, 0.15) is 6.04 Å². The lowest BCUT2D eigenvalue weighted by Crippen LogP contribution is -2.33. The van der Waals surface area contributed by atoms with Crippen LogP contribution in [0.1, 0.15) is 40.0 Å². The molecule has 1 aliphatic rings. The molecule has 1 amide bonds. The van der Waals surface area contributed by atoms with Crippen molar-refractivity contribution >= 4 is 11.7 Å². The zero-order valence-corrected chi connectivity index (χ0v) is 15.5. The van der Waals surface area contributed by atoms with E-state index in [9.17, 15) is 9.59 Å². The highest BCUT2D eigenvalue weighted by atomic mass is 16.2. The van der Waals surface area contributed by atoms with Gasteiger partial charge in [-0.1, -0.05) is 72.3 Å². The number of Topliss-reactive ketones (excluding diaryl/α,β-unsaturated/α-hetero) is 1. The molecule has 0 radical (unpaired) electrons. The van der Waals surface area contributed by atoms with Crippen LogP contribution in [-0.4, -0.2) is 16.6 Å². The van der Waals surface area contributed by atoms with Gasteiger partial charge in [-0.3, -0.25) is 9.59 Å². The molecule has 134 valence electrons. The van der Waals surface area contributed by atoms with Crippen molar-refractivity contribution < 1.29 is 9.59 Å². The van der Waals surface area contributed by atoms with E-state index in [2.05, 4.69) is 31.2 Å². The lowest BCUT2D eigenvalue weighted by Gasteiger charge is -2.26. The number of rotatable bonds is 4. The molecule has 0 bridgehead atoms. The summed E-state index contributed by atoms with van der Waals surface area (Å²) in [6.07, 6.45) is 0. The van der Waals surface area contributed by atoms with Crippen molar-refractivity contribution in [3.63, 3.8) is 0 Å². The average Bonchev–Trinajstić information content (AvgIpc) is 2.99. The number of amides is 1. The Kier molecular flexibility index (Phi) is 4.36. The molecule has 1 unspecified atom stereocenters. The summed E-state index contributed by atoms with van der Waals surface area (Å²) in [4.78, 5) is 27.2. The third kappa shape index (κ3) is 3.17. The average molecular weight is 355 g/mol. The number of hydrogen-bond acceptors (Lipinski definition) is 2. The molecule has 0 aromatic heterocycles. The number of aryl methyl sites for hydroxylation is 1. The van der Waals surface area contributed by atoms with Crippen molar-refractivity contribution in [1.29, 1.82) is 0 Å². The van der Waals surface area contributed by atoms with Gasteiger partial charge in [-0.25, -0.2) is 0 Å². The molecule has 1 atom stereocenters. The maximum absolute atomic E-state index is 13.1. The Morgan fingerprint density at radius 2 is 1.59 bits per heavy atom. The van der Waals surface area contributed by atoms with Crippen LogP contribution in [0.25, 0.3) is 11.1 Å². The van der Waals surface area contributed by atoms with Gasteiger partial charge in [0.2, 0.25) is 0 Å². The van der Waals surface area contributed by atoms with Crippen LogP contribution in [0.2, 0.25) is 0 Å². The predicted molar refractivity (Wildman–Crippen MR) is 106 cm³/mol. The highest BCUT2D eigenvalue weighted by molar-refractivity contribution is 6.02. The van der Waals surface area contributed by atoms with Gasteiger partial charge in [-0.05, 0) is 42.2 Å². The summed E-state index contributed by atoms with van der Waals surface area (Å²) in [5, 5.41) is 0. The van der Waals surface area contributed by atoms with Crippen molar-refractivity contribution in [3.8, 4) is 11.1 Å². The molecule has 3 heteroatoms. The first kappa shape index (κ1) is 17.2. The van der Waals surface area contributed by atoms with Crippen LogP contribution in [0.5, 0.6) is 0 Å². The molecule has 0 saturated heterocycles. The Hall–Kier alpha value is -3.20. The van der Waals surface area contributed by atoms with Gasteiger partial charge in [0.05, 0.1) is 0 Å². The SMILES string of the molecule is CC(=O)C(c1ccccc1)N1Cc2ccc(-c3ccc(C)cc3)cc2C1=O. The topological polar surface area (TPSA) is 37.4 Å². The Morgan fingerprint density at radius 1 is 0.926 bits per heavy atom. The minimum Gasteiger partial charge on any atom is -0.320 e. The lowest BCUT2D eigenvalue weighted by molar-refractivity contribution is -0.121. The molecule has 0 aliphatic carbocycles. The van der Waals surface area contributed by atoms with Crippen molar-refractivity contribution in [2.75, 3.05) is 0 Å². The minimum atomic E-state index is -0.547. The third-order valence-electron chi connectivity index (χ3n) is 5.14. The van der Waals surface area contributed by atoms with Crippen LogP contribution < -0.4 is 0 Å². The molecule has 0 saturated carbocycles. The van der Waals surface area contributed by atoms with Crippen molar-refractivity contribution in [2.24, 2.45) is 0 Å². The van der Waals surface area contributed by atoms with Crippen molar-refractivity contribution in [3.05, 3.63) is 95.1 Å². The van der Waals surface area contributed by atoms with Crippen LogP contribution in [0.3, 0.4) is 0 Å². The predicted octanol–water partition coefficient (Wildman–Crippen LogP) is 4.95. The van der Waals surface area contributed by atoms with Crippen LogP contribution in [-0.2, 0) is 11.3 Å². The highest BCUT2D eigenvalue weighted by Gasteiger charge is 2.35. The summed E-state index contributed by atoms with van der Waals surface area (Å²) < 4.78 is 0. The molecule has 0 fully saturated rings. The Morgan fingerprint density at radius 3 is 2.26 bits per heavy atom. The van der Waals surface area contributed by atoms with Gasteiger partial charge in [0.15, 0.2) is 5.78 Å². The number of carbonyl (C=O) groups excluding carboxylic acids is 2. The van der Waals surface area contributed by atoms with E-state index in [0.717, 1.165) is 22.3 Å². The fraction of sp³-hybridized carbons (Fsp3) is 0.167. The molecular weight excluding hydrogens is 334 g/mol. The fourth-order valence-electron chi connectivity index (χ4n) is 3.73. The quantitative estimate of drug-likeness (QED) is 0.664. The fourth-order valence-corrected chi connectivity index (χ4v) is 3.73. The molecule has 0 N–H and O–H groups in total. The number of hydrogen-bond donors (Lipinski definition) is 0. The monoisotopic (exact) mass is 355 g/mol. The Balaban J connectivity index is 1.69. The summed E-state index contributed by atoms with van der Waals surface area (Å²) >= 11 is 0. The minimum absolute atomic E-state index is 0.0267. The Bertz CT molecular complexity index is 1010. The number of carbonyl (C=O) groups is 2. The molecule has 27 heavy (non-hydrogen) atoms. The first-order chi connectivity index (χ1) is 13.0. The smallest absolute Gasteiger partial charge is 0.255 e. The zero-order chi connectivity index (χ0) is 19.0. The van der Waals surface area contributed by atoms with Gasteiger partial charge >= 0.3 is 0 Å². The standard InChI is InChI=1S/C24H21NO2/c1-16-8-10-18(11-9-16)20-12-13-21-15-25(24(27)22(21)14-20)23(17(2)26)19-6-4-3-5-7-19/h3-14,23H,15H2,1-2H3. The van der Waals surface area contributed by atoms with Gasteiger partial charge in [0.25, 0.3) is 5.91 Å². The van der Waals surface area contributed by atoms with E-state index in [1.165, 1.54) is 5.56 Å². The van der Waals surface area contributed by atoms with E-state index in [4.69, 9.17) is 0 Å². The van der Waals surface area contributed by atoms with E-state index >= 15 is 0 Å². The number of ketones is 1. The van der Waals surface area contributed by atoms with E-state index < -0.39 is 6.04 Å². The summed E-state index contributed by atoms with van der Waals surface area (Å²) in [5.41, 5.74) is 5.82. The Labute approximate surface area is 159 Å². The summed E-state index contributed by atoms with van der Waals surface area (Å²) in [6, 6.07) is 23.2. The first-order valence-corrected chi connectivity index (χ1v) is 9.11. The first-order valence-electron chi connectivity index (χ1n) is 9.11. The lowest BCUT2D eigenvalue weighted by atomic mass is 9.99. The maximum Gasteiger partial charge on any atom is 0.255 e. The zero-order valence-electron chi connectivity index (χ0n) is 15.5. The second kappa shape index (κ2) is 6.84. The summed E-state index contributed by atoms with van der Waals surface area (Å²) in [5.74, 6) is -0.107. The van der Waals surface area contributed by atoms with Gasteiger partial charge in [0, 0.05) is 12.1 Å². The molecule has 0 spiro atoms. The normalized spacial score (nSPS) is 14.1. The van der Waals surface area contributed by atoms with Crippen molar-refractivity contribution in [2.45, 2.75) is 26.4 Å². The highest BCUT2D eigenvalue weighted by Crippen LogP contribution is 2.34. The van der Waals surface area contributed by atoms with Crippen LogP contribution in [0.4, 0.5) is 0 Å².